The number of thiophene rings is 1. The van der Waals surface area contributed by atoms with Gasteiger partial charge in [-0.3, -0.25) is 0 Å². The molecule has 2 rings (SSSR count). The Hall–Kier alpha value is -0.120. The number of hydrogen-bond donors (Lipinski definition) is 2. The van der Waals surface area contributed by atoms with Crippen LogP contribution in [-0.4, -0.2) is 8.42 Å². The molecule has 1 aromatic carbocycles. The van der Waals surface area contributed by atoms with Gasteiger partial charge in [0, 0.05) is 26.6 Å². The molecular weight excluding hydrogens is 452 g/mol. The highest BCUT2D eigenvalue weighted by Crippen LogP contribution is 2.31. The zero-order valence-corrected chi connectivity index (χ0v) is 15.4. The second kappa shape index (κ2) is 6.33. The molecule has 9 heteroatoms. The lowest BCUT2D eigenvalue weighted by Crippen LogP contribution is -2.23. The molecule has 0 fully saturated rings. The number of benzene rings is 1. The van der Waals surface area contributed by atoms with Gasteiger partial charge in [0.1, 0.15) is 0 Å². The van der Waals surface area contributed by atoms with E-state index in [-0.39, 0.29) is 22.2 Å². The second-order valence-corrected chi connectivity index (χ2v) is 8.64. The summed E-state index contributed by atoms with van der Waals surface area (Å²) in [6, 6.07) is 4.70. The lowest BCUT2D eigenvalue weighted by Gasteiger charge is -2.10. The summed E-state index contributed by atoms with van der Waals surface area (Å²) < 4.78 is 28.3. The Morgan fingerprint density at radius 3 is 2.65 bits per heavy atom. The third-order valence-electron chi connectivity index (χ3n) is 2.44. The molecule has 20 heavy (non-hydrogen) atoms. The van der Waals surface area contributed by atoms with Crippen molar-refractivity contribution in [3.05, 3.63) is 42.4 Å². The van der Waals surface area contributed by atoms with Gasteiger partial charge in [-0.05, 0) is 55.4 Å². The Balaban J connectivity index is 2.29. The van der Waals surface area contributed by atoms with Gasteiger partial charge in [0.05, 0.1) is 9.37 Å². The first kappa shape index (κ1) is 16.3. The molecule has 1 heterocycles. The predicted octanol–water partition coefficient (Wildman–Crippen LogP) is 3.99. The third kappa shape index (κ3) is 3.55. The summed E-state index contributed by atoms with van der Waals surface area (Å²) >= 11 is 13.8. The average Bonchev–Trinajstić information content (AvgIpc) is 2.77. The number of sulfonamides is 1. The van der Waals surface area contributed by atoms with Crippen LogP contribution in [-0.2, 0) is 16.6 Å². The molecule has 4 nitrogen and oxygen atoms in total. The van der Waals surface area contributed by atoms with E-state index < -0.39 is 10.0 Å². The molecule has 108 valence electrons. The number of nitrogens with one attached hydrogen (secondary N) is 1. The maximum absolute atomic E-state index is 12.3. The fraction of sp³-hybridized carbons (Fsp3) is 0.0909. The summed E-state index contributed by atoms with van der Waals surface area (Å²) in [5, 5.41) is 2.14. The molecule has 0 aliphatic rings. The van der Waals surface area contributed by atoms with Crippen LogP contribution in [0.4, 0.5) is 5.69 Å². The summed E-state index contributed by atoms with van der Waals surface area (Å²) in [6.45, 7) is 0.194. The number of nitrogen functional groups attached to an aromatic ring is 1. The fourth-order valence-electron chi connectivity index (χ4n) is 1.47. The van der Waals surface area contributed by atoms with Crippen LogP contribution in [0.15, 0.2) is 37.4 Å². The number of rotatable bonds is 4. The molecule has 0 aliphatic heterocycles. The molecule has 2 aromatic rings. The van der Waals surface area contributed by atoms with E-state index >= 15 is 0 Å². The molecular formula is C11H9Br2ClN2O2S2. The Morgan fingerprint density at radius 2 is 2.05 bits per heavy atom. The Morgan fingerprint density at radius 1 is 1.35 bits per heavy atom. The van der Waals surface area contributed by atoms with E-state index in [1.165, 1.54) is 23.5 Å². The van der Waals surface area contributed by atoms with E-state index in [0.29, 0.717) is 4.47 Å². The lowest BCUT2D eigenvalue weighted by atomic mass is 10.3. The summed E-state index contributed by atoms with van der Waals surface area (Å²) in [5.74, 6) is 0. The molecule has 0 radical (unpaired) electrons. The first-order valence-electron chi connectivity index (χ1n) is 5.27. The lowest BCUT2D eigenvalue weighted by molar-refractivity contribution is 0.581. The summed E-state index contributed by atoms with van der Waals surface area (Å²) in [4.78, 5) is 0.912. The minimum Gasteiger partial charge on any atom is -0.398 e. The van der Waals surface area contributed by atoms with Gasteiger partial charge in [-0.25, -0.2) is 13.1 Å². The van der Waals surface area contributed by atoms with E-state index in [4.69, 9.17) is 17.3 Å². The molecule has 0 atom stereocenters. The van der Waals surface area contributed by atoms with Crippen molar-refractivity contribution >= 4 is 70.5 Å². The fourth-order valence-corrected chi connectivity index (χ4v) is 5.28. The first-order valence-corrected chi connectivity index (χ1v) is 9.60. The van der Waals surface area contributed by atoms with Gasteiger partial charge in [0.25, 0.3) is 0 Å². The minimum absolute atomic E-state index is 0.0233. The van der Waals surface area contributed by atoms with E-state index in [2.05, 4.69) is 36.6 Å². The maximum Gasteiger partial charge on any atom is 0.242 e. The average molecular weight is 461 g/mol. The predicted molar refractivity (Wildman–Crippen MR) is 89.6 cm³/mol. The Bertz CT molecular complexity index is 747. The standard InChI is InChI=1S/C11H9Br2ClN2O2S2/c12-7-1-2-19-9(7)5-16-20(17,18)10-4-6(14)3-8(15)11(10)13/h1-4,16H,5,15H2. The van der Waals surface area contributed by atoms with Gasteiger partial charge in [0.15, 0.2) is 0 Å². The largest absolute Gasteiger partial charge is 0.398 e. The number of hydrogen-bond acceptors (Lipinski definition) is 4. The van der Waals surface area contributed by atoms with Gasteiger partial charge >= 0.3 is 0 Å². The van der Waals surface area contributed by atoms with Crippen LogP contribution < -0.4 is 10.5 Å². The number of anilines is 1. The number of nitrogens with two attached hydrogens (primary N) is 1. The smallest absolute Gasteiger partial charge is 0.242 e. The van der Waals surface area contributed by atoms with Crippen molar-refractivity contribution in [3.8, 4) is 0 Å². The number of halogens is 3. The first-order chi connectivity index (χ1) is 9.31. The van der Waals surface area contributed by atoms with Crippen LogP contribution in [0.5, 0.6) is 0 Å². The zero-order chi connectivity index (χ0) is 14.9. The van der Waals surface area contributed by atoms with Crippen LogP contribution in [0.25, 0.3) is 0 Å². The van der Waals surface area contributed by atoms with Gasteiger partial charge in [0.2, 0.25) is 10.0 Å². The van der Waals surface area contributed by atoms with E-state index in [0.717, 1.165) is 9.35 Å². The summed E-state index contributed by atoms with van der Waals surface area (Å²) in [7, 11) is -3.70. The summed E-state index contributed by atoms with van der Waals surface area (Å²) in [6.07, 6.45) is 0. The van der Waals surface area contributed by atoms with Gasteiger partial charge in [-0.15, -0.1) is 11.3 Å². The van der Waals surface area contributed by atoms with Crippen LogP contribution in [0, 0.1) is 0 Å². The Labute approximate surface area is 142 Å². The third-order valence-corrected chi connectivity index (χ3v) is 7.15. The van der Waals surface area contributed by atoms with E-state index in [9.17, 15) is 8.42 Å². The molecule has 0 unspecified atom stereocenters. The van der Waals surface area contributed by atoms with Gasteiger partial charge in [-0.2, -0.15) is 0 Å². The Kier molecular flexibility index (Phi) is 5.14. The van der Waals surface area contributed by atoms with Crippen LogP contribution >= 0.6 is 54.8 Å². The van der Waals surface area contributed by atoms with Crippen molar-refractivity contribution in [3.63, 3.8) is 0 Å². The highest BCUT2D eigenvalue weighted by Gasteiger charge is 2.20. The van der Waals surface area contributed by atoms with Crippen molar-refractivity contribution in [2.75, 3.05) is 5.73 Å². The molecule has 0 spiro atoms. The SMILES string of the molecule is Nc1cc(Cl)cc(S(=O)(=O)NCc2sccc2Br)c1Br. The maximum atomic E-state index is 12.3. The van der Waals surface area contributed by atoms with Crippen LogP contribution in [0.3, 0.4) is 0 Å². The molecule has 0 bridgehead atoms. The van der Waals surface area contributed by atoms with Gasteiger partial charge in [-0.1, -0.05) is 11.6 Å². The monoisotopic (exact) mass is 458 g/mol. The second-order valence-electron chi connectivity index (χ2n) is 3.82. The van der Waals surface area contributed by atoms with Crippen molar-refractivity contribution in [1.82, 2.24) is 4.72 Å². The van der Waals surface area contributed by atoms with Gasteiger partial charge < -0.3 is 5.73 Å². The zero-order valence-electron chi connectivity index (χ0n) is 9.86. The molecule has 0 saturated carbocycles. The van der Waals surface area contributed by atoms with Crippen molar-refractivity contribution in [2.24, 2.45) is 0 Å². The summed E-state index contributed by atoms with van der Waals surface area (Å²) in [5.41, 5.74) is 5.98. The minimum atomic E-state index is -3.70. The van der Waals surface area contributed by atoms with E-state index in [1.54, 1.807) is 0 Å². The highest BCUT2D eigenvalue weighted by atomic mass is 79.9. The topological polar surface area (TPSA) is 72.2 Å². The quantitative estimate of drug-likeness (QED) is 0.678. The normalized spacial score (nSPS) is 11.8. The van der Waals surface area contributed by atoms with Crippen LogP contribution in [0.1, 0.15) is 4.88 Å². The van der Waals surface area contributed by atoms with Crippen molar-refractivity contribution in [1.29, 1.82) is 0 Å². The van der Waals surface area contributed by atoms with E-state index in [1.807, 2.05) is 11.4 Å². The molecule has 1 aromatic heterocycles. The molecule has 0 amide bonds. The van der Waals surface area contributed by atoms with Crippen LogP contribution in [0.2, 0.25) is 5.02 Å². The highest BCUT2D eigenvalue weighted by molar-refractivity contribution is 9.11. The molecule has 0 aliphatic carbocycles. The van der Waals surface area contributed by atoms with Crippen molar-refractivity contribution < 1.29 is 8.42 Å². The molecule has 3 N–H and O–H groups in total. The van der Waals surface area contributed by atoms with Crippen molar-refractivity contribution in [2.45, 2.75) is 11.4 Å². The molecule has 0 saturated heterocycles.